The van der Waals surface area contributed by atoms with Gasteiger partial charge in [0.1, 0.15) is 5.75 Å². The van der Waals surface area contributed by atoms with Crippen LogP contribution in [0.15, 0.2) is 46.9 Å². The molecule has 2 saturated heterocycles. The van der Waals surface area contributed by atoms with Gasteiger partial charge in [-0.05, 0) is 18.2 Å². The fraction of sp³-hybridized carbons (Fsp3) is 0.333. The van der Waals surface area contributed by atoms with Crippen molar-refractivity contribution >= 4 is 12.0 Å². The predicted molar refractivity (Wildman–Crippen MR) is 87.6 cm³/mol. The second-order valence-corrected chi connectivity index (χ2v) is 6.42. The minimum Gasteiger partial charge on any atom is -0.439 e. The Labute approximate surface area is 144 Å². The smallest absolute Gasteiger partial charge is 0.410 e. The van der Waals surface area contributed by atoms with E-state index in [4.69, 9.17) is 13.9 Å². The van der Waals surface area contributed by atoms with Crippen LogP contribution in [0.2, 0.25) is 0 Å². The topological polar surface area (TPSA) is 72.2 Å². The Bertz CT molecular complexity index is 803. The highest BCUT2D eigenvalue weighted by atomic mass is 16.6. The van der Waals surface area contributed by atoms with Crippen molar-refractivity contribution in [3.05, 3.63) is 48.2 Å². The summed E-state index contributed by atoms with van der Waals surface area (Å²) in [6.45, 7) is 1.39. The van der Waals surface area contributed by atoms with Crippen LogP contribution >= 0.6 is 0 Å². The average molecular weight is 342 g/mol. The van der Waals surface area contributed by atoms with Gasteiger partial charge in [0.15, 0.2) is 11.4 Å². The van der Waals surface area contributed by atoms with Gasteiger partial charge in [0.05, 0.1) is 13.1 Å². The highest BCUT2D eigenvalue weighted by Crippen LogP contribution is 2.33. The Kier molecular flexibility index (Phi) is 3.63. The second kappa shape index (κ2) is 5.84. The molecule has 3 heterocycles. The molecular weight excluding hydrogens is 324 g/mol. The van der Waals surface area contributed by atoms with Gasteiger partial charge >= 0.3 is 6.09 Å². The van der Waals surface area contributed by atoms with Crippen molar-refractivity contribution in [3.8, 4) is 11.7 Å². The number of furan rings is 1. The maximum Gasteiger partial charge on any atom is 0.410 e. The van der Waals surface area contributed by atoms with Crippen LogP contribution in [-0.2, 0) is 4.74 Å². The number of para-hydroxylation sites is 1. The number of ether oxygens (including phenoxy) is 2. The van der Waals surface area contributed by atoms with Gasteiger partial charge in [-0.1, -0.05) is 18.2 Å². The highest BCUT2D eigenvalue weighted by molar-refractivity contribution is 5.92. The van der Waals surface area contributed by atoms with Crippen LogP contribution < -0.4 is 4.74 Å². The Morgan fingerprint density at radius 3 is 2.68 bits per heavy atom. The number of likely N-dealkylation sites (N-methyl/N-ethyl adjacent to an activating group) is 1. The molecule has 1 aromatic heterocycles. The first-order valence-corrected chi connectivity index (χ1v) is 8.11. The molecule has 2 aromatic rings. The van der Waals surface area contributed by atoms with Gasteiger partial charge in [-0.15, -0.1) is 0 Å². The summed E-state index contributed by atoms with van der Waals surface area (Å²) in [5.74, 6) is 0.874. The number of amides is 2. The van der Waals surface area contributed by atoms with Gasteiger partial charge < -0.3 is 23.7 Å². The van der Waals surface area contributed by atoms with E-state index in [2.05, 4.69) is 0 Å². The fourth-order valence-corrected chi connectivity index (χ4v) is 3.27. The van der Waals surface area contributed by atoms with E-state index in [1.54, 1.807) is 36.2 Å². The molecule has 0 saturated carbocycles. The first-order chi connectivity index (χ1) is 12.0. The third-order valence-electron chi connectivity index (χ3n) is 4.50. The van der Waals surface area contributed by atoms with Crippen LogP contribution in [0.5, 0.6) is 11.7 Å². The van der Waals surface area contributed by atoms with Gasteiger partial charge in [0.2, 0.25) is 0 Å². The lowest BCUT2D eigenvalue weighted by atomic mass is 10.0. The summed E-state index contributed by atoms with van der Waals surface area (Å²) in [6, 6.07) is 12.4. The number of likely N-dealkylation sites (tertiary alicyclic amines) is 1. The molecule has 130 valence electrons. The molecule has 1 atom stereocenters. The van der Waals surface area contributed by atoms with E-state index in [1.165, 1.54) is 4.90 Å². The monoisotopic (exact) mass is 342 g/mol. The Balaban J connectivity index is 1.43. The zero-order valence-corrected chi connectivity index (χ0v) is 13.8. The maximum atomic E-state index is 12.6. The van der Waals surface area contributed by atoms with Crippen molar-refractivity contribution in [2.45, 2.75) is 12.0 Å². The van der Waals surface area contributed by atoms with Crippen LogP contribution in [0.25, 0.3) is 0 Å². The number of carbonyl (C=O) groups is 2. The largest absolute Gasteiger partial charge is 0.439 e. The summed E-state index contributed by atoms with van der Waals surface area (Å²) in [7, 11) is 1.70. The number of benzene rings is 1. The van der Waals surface area contributed by atoms with Crippen LogP contribution in [-0.4, -0.2) is 54.1 Å². The molecular formula is C18H18N2O5. The molecule has 2 aliphatic rings. The van der Waals surface area contributed by atoms with Crippen LogP contribution in [0.4, 0.5) is 4.79 Å². The molecule has 7 heteroatoms. The van der Waals surface area contributed by atoms with Crippen LogP contribution in [0.3, 0.4) is 0 Å². The molecule has 0 aliphatic carbocycles. The van der Waals surface area contributed by atoms with E-state index in [-0.39, 0.29) is 23.7 Å². The SMILES string of the molecule is CN1C[C@]2(CCN(C(=O)c3ccc(Oc4ccccc4)o3)C2)OC1=O. The zero-order chi connectivity index (χ0) is 17.4. The van der Waals surface area contributed by atoms with Gasteiger partial charge in [-0.3, -0.25) is 4.79 Å². The van der Waals surface area contributed by atoms with Gasteiger partial charge in [0, 0.05) is 26.1 Å². The summed E-state index contributed by atoms with van der Waals surface area (Å²) in [5, 5.41) is 0. The van der Waals surface area contributed by atoms with Crippen molar-refractivity contribution in [1.29, 1.82) is 0 Å². The zero-order valence-electron chi connectivity index (χ0n) is 13.8. The average Bonchev–Trinajstić information content (AvgIpc) is 3.29. The van der Waals surface area contributed by atoms with Gasteiger partial charge in [-0.2, -0.15) is 0 Å². The molecule has 0 N–H and O–H groups in total. The number of rotatable bonds is 3. The van der Waals surface area contributed by atoms with E-state index in [9.17, 15) is 9.59 Å². The highest BCUT2D eigenvalue weighted by Gasteiger charge is 2.49. The normalized spacial score (nSPS) is 22.5. The third-order valence-corrected chi connectivity index (χ3v) is 4.50. The third kappa shape index (κ3) is 2.93. The Morgan fingerprint density at radius 2 is 1.96 bits per heavy atom. The standard InChI is InChI=1S/C18H18N2O5/c1-19-11-18(25-17(19)22)9-10-20(12-18)16(21)14-7-8-15(24-14)23-13-5-3-2-4-6-13/h2-8H,9-12H2,1H3/t18-/m0/s1. The van der Waals surface area contributed by atoms with E-state index < -0.39 is 5.60 Å². The molecule has 0 unspecified atom stereocenters. The van der Waals surface area contributed by atoms with Crippen molar-refractivity contribution in [1.82, 2.24) is 9.80 Å². The van der Waals surface area contributed by atoms with E-state index >= 15 is 0 Å². The number of nitrogens with zero attached hydrogens (tertiary/aromatic N) is 2. The molecule has 1 aromatic carbocycles. The lowest BCUT2D eigenvalue weighted by Crippen LogP contribution is -2.39. The van der Waals surface area contributed by atoms with E-state index in [0.717, 1.165) is 0 Å². The first kappa shape index (κ1) is 15.6. The number of hydrogen-bond acceptors (Lipinski definition) is 5. The molecule has 7 nitrogen and oxygen atoms in total. The van der Waals surface area contributed by atoms with E-state index in [0.29, 0.717) is 31.8 Å². The summed E-state index contributed by atoms with van der Waals surface area (Å²) in [5.41, 5.74) is -0.600. The van der Waals surface area contributed by atoms with Crippen molar-refractivity contribution in [3.63, 3.8) is 0 Å². The van der Waals surface area contributed by atoms with Crippen LogP contribution in [0, 0.1) is 0 Å². The summed E-state index contributed by atoms with van der Waals surface area (Å²) >= 11 is 0. The molecule has 4 rings (SSSR count). The van der Waals surface area contributed by atoms with Gasteiger partial charge in [-0.25, -0.2) is 4.79 Å². The Morgan fingerprint density at radius 1 is 1.16 bits per heavy atom. The van der Waals surface area contributed by atoms with Gasteiger partial charge in [0.25, 0.3) is 11.9 Å². The molecule has 2 amide bonds. The van der Waals surface area contributed by atoms with Crippen molar-refractivity contribution < 1.29 is 23.5 Å². The summed E-state index contributed by atoms with van der Waals surface area (Å²) in [4.78, 5) is 27.4. The first-order valence-electron chi connectivity index (χ1n) is 8.11. The van der Waals surface area contributed by atoms with Crippen LogP contribution in [0.1, 0.15) is 17.0 Å². The molecule has 0 radical (unpaired) electrons. The molecule has 25 heavy (non-hydrogen) atoms. The summed E-state index contributed by atoms with van der Waals surface area (Å²) < 4.78 is 16.6. The number of hydrogen-bond donors (Lipinski definition) is 0. The minimum absolute atomic E-state index is 0.209. The predicted octanol–water partition coefficient (Wildman–Crippen LogP) is 2.74. The fourth-order valence-electron chi connectivity index (χ4n) is 3.27. The minimum atomic E-state index is -0.600. The quantitative estimate of drug-likeness (QED) is 0.858. The summed E-state index contributed by atoms with van der Waals surface area (Å²) in [6.07, 6.45) is 0.286. The Hall–Kier alpha value is -2.96. The molecule has 1 spiro atoms. The van der Waals surface area contributed by atoms with Crippen molar-refractivity contribution in [2.75, 3.05) is 26.7 Å². The molecule has 2 aliphatic heterocycles. The lowest BCUT2D eigenvalue weighted by molar-refractivity contribution is 0.0537. The number of carbonyl (C=O) groups excluding carboxylic acids is 2. The maximum absolute atomic E-state index is 12.6. The second-order valence-electron chi connectivity index (χ2n) is 6.42. The molecule has 0 bridgehead atoms. The van der Waals surface area contributed by atoms with E-state index in [1.807, 2.05) is 18.2 Å². The lowest BCUT2D eigenvalue weighted by Gasteiger charge is -2.21. The molecule has 2 fully saturated rings. The van der Waals surface area contributed by atoms with Crippen molar-refractivity contribution in [2.24, 2.45) is 0 Å².